The minimum Gasteiger partial charge on any atom is -0.479 e. The normalized spacial score (nSPS) is 11.4. The zero-order valence-corrected chi connectivity index (χ0v) is 20.8. The minimum absolute atomic E-state index is 0.0111. The van der Waals surface area contributed by atoms with Crippen molar-refractivity contribution < 1.29 is 28.6 Å². The van der Waals surface area contributed by atoms with E-state index in [0.29, 0.717) is 6.61 Å². The van der Waals surface area contributed by atoms with Crippen LogP contribution in [0.25, 0.3) is 0 Å². The van der Waals surface area contributed by atoms with Gasteiger partial charge in [0.15, 0.2) is 6.61 Å². The summed E-state index contributed by atoms with van der Waals surface area (Å²) in [6, 6.07) is -0.0155. The predicted octanol–water partition coefficient (Wildman–Crippen LogP) is 4.54. The van der Waals surface area contributed by atoms with Crippen LogP contribution in [-0.2, 0) is 14.3 Å². The van der Waals surface area contributed by atoms with Crippen molar-refractivity contribution in [1.82, 2.24) is 4.98 Å². The number of aliphatic carboxylic acids is 1. The Morgan fingerprint density at radius 2 is 1.97 bits per heavy atom. The predicted molar refractivity (Wildman–Crippen MR) is 125 cm³/mol. The fraction of sp³-hybridized carbons (Fsp3) is 0.421. The number of nitrogen functional groups attached to an aromatic ring is 1. The number of amides is 1. The number of nitrogens with two attached hydrogens (primary N) is 1. The number of aromatic nitrogens is 1. The number of thiophene rings is 1. The quantitative estimate of drug-likeness (QED) is 0.380. The maximum Gasteiger partial charge on any atom is 0.341 e. The highest BCUT2D eigenvalue weighted by atomic mass is 35.5. The van der Waals surface area contributed by atoms with Gasteiger partial charge in [-0.05, 0) is 31.7 Å². The fourth-order valence-corrected chi connectivity index (χ4v) is 3.97. The molecule has 13 heteroatoms. The Morgan fingerprint density at radius 3 is 2.44 bits per heavy atom. The Morgan fingerprint density at radius 1 is 1.34 bits per heavy atom. The summed E-state index contributed by atoms with van der Waals surface area (Å²) in [6.07, 6.45) is 0. The number of halogens is 4. The Bertz CT molecular complexity index is 941. The molecule has 2 aromatic heterocycles. The molecule has 0 spiro atoms. The number of carboxylic acids is 1. The van der Waals surface area contributed by atoms with Gasteiger partial charge in [-0.2, -0.15) is 9.37 Å². The van der Waals surface area contributed by atoms with Crippen molar-refractivity contribution in [3.8, 4) is 5.88 Å². The topological polar surface area (TPSA) is 115 Å². The highest BCUT2D eigenvalue weighted by molar-refractivity contribution is 7.10. The molecule has 1 amide bonds. The number of hydrogen-bond donors (Lipinski definition) is 2. The first-order valence-corrected chi connectivity index (χ1v) is 11.2. The summed E-state index contributed by atoms with van der Waals surface area (Å²) in [5, 5.41) is 9.72. The van der Waals surface area contributed by atoms with E-state index in [-0.39, 0.29) is 28.5 Å². The van der Waals surface area contributed by atoms with Gasteiger partial charge in [0, 0.05) is 12.0 Å². The average Bonchev–Trinajstić information content (AvgIpc) is 3.07. The van der Waals surface area contributed by atoms with Gasteiger partial charge in [-0.25, -0.2) is 4.79 Å². The largest absolute Gasteiger partial charge is 0.479 e. The van der Waals surface area contributed by atoms with Crippen molar-refractivity contribution in [2.24, 2.45) is 0 Å². The van der Waals surface area contributed by atoms with E-state index in [1.54, 1.807) is 23.3 Å². The van der Waals surface area contributed by atoms with Gasteiger partial charge in [0.2, 0.25) is 17.7 Å². The molecule has 0 radical (unpaired) electrons. The van der Waals surface area contributed by atoms with Crippen LogP contribution in [0.4, 0.5) is 15.8 Å². The van der Waals surface area contributed by atoms with E-state index in [4.69, 9.17) is 50.4 Å². The Balaban J connectivity index is 0.000000323. The van der Waals surface area contributed by atoms with Crippen molar-refractivity contribution in [3.63, 3.8) is 0 Å². The Labute approximate surface area is 204 Å². The molecule has 3 N–H and O–H groups in total. The lowest BCUT2D eigenvalue weighted by Crippen LogP contribution is -2.42. The first-order valence-electron chi connectivity index (χ1n) is 9.02. The third-order valence-corrected chi connectivity index (χ3v) is 5.94. The van der Waals surface area contributed by atoms with Gasteiger partial charge in [-0.1, -0.05) is 23.2 Å². The average molecular weight is 531 g/mol. The number of rotatable bonds is 8. The van der Waals surface area contributed by atoms with Crippen molar-refractivity contribution in [3.05, 3.63) is 31.8 Å². The molecule has 32 heavy (non-hydrogen) atoms. The van der Waals surface area contributed by atoms with Gasteiger partial charge in [-0.3, -0.25) is 4.79 Å². The van der Waals surface area contributed by atoms with Gasteiger partial charge < -0.3 is 25.2 Å². The number of alkyl halides is 1. The molecule has 2 aromatic rings. The molecule has 178 valence electrons. The van der Waals surface area contributed by atoms with Crippen LogP contribution in [0.1, 0.15) is 17.4 Å². The number of nitrogens with zero attached hydrogens (tertiary/aromatic N) is 2. The maximum absolute atomic E-state index is 12.9. The highest BCUT2D eigenvalue weighted by Crippen LogP contribution is 2.35. The molecule has 0 saturated heterocycles. The number of carbonyl (C=O) groups excluding carboxylic acids is 1. The first kappa shape index (κ1) is 28.2. The van der Waals surface area contributed by atoms with Gasteiger partial charge in [0.25, 0.3) is 0 Å². The molecule has 0 aromatic carbocycles. The standard InChI is InChI=1S/C12H18ClNO2S.C7H5Cl2FN2O3/c1-8-7-17-10(3)12(8)14(11(15)5-13)9(2)6-16-4;8-3-5(11)4(9)7(12-6(3)10)15-1-2(13)14/h7,9H,5-6H2,1-4H3;1H2,(H2,11,12)(H,13,14). The van der Waals surface area contributed by atoms with E-state index >= 15 is 0 Å². The molecule has 2 rings (SSSR count). The molecular weight excluding hydrogens is 508 g/mol. The van der Waals surface area contributed by atoms with E-state index in [0.717, 1.165) is 16.1 Å². The van der Waals surface area contributed by atoms with Crippen LogP contribution in [0.5, 0.6) is 5.88 Å². The van der Waals surface area contributed by atoms with Crippen molar-refractivity contribution >= 4 is 69.4 Å². The summed E-state index contributed by atoms with van der Waals surface area (Å²) in [5.74, 6) is -2.82. The Kier molecular flexibility index (Phi) is 11.5. The summed E-state index contributed by atoms with van der Waals surface area (Å²) < 4.78 is 22.7. The molecule has 0 fully saturated rings. The van der Waals surface area contributed by atoms with Crippen molar-refractivity contribution in [2.45, 2.75) is 26.8 Å². The molecule has 0 bridgehead atoms. The van der Waals surface area contributed by atoms with E-state index in [1.165, 1.54) is 0 Å². The lowest BCUT2D eigenvalue weighted by Gasteiger charge is -2.29. The molecule has 0 aliphatic heterocycles. The number of carboxylic acid groups (broad SMARTS) is 1. The van der Waals surface area contributed by atoms with Gasteiger partial charge in [-0.15, -0.1) is 22.9 Å². The third-order valence-electron chi connectivity index (χ3n) is 3.97. The molecule has 1 unspecified atom stereocenters. The molecule has 0 aliphatic carbocycles. The monoisotopic (exact) mass is 529 g/mol. The van der Waals surface area contributed by atoms with E-state index in [2.05, 4.69) is 15.1 Å². The SMILES string of the molecule is COCC(C)N(C(=O)CCl)c1c(C)csc1C.Nc1c(Cl)c(F)nc(OCC(=O)O)c1Cl. The molecule has 2 heterocycles. The van der Waals surface area contributed by atoms with Crippen LogP contribution in [0, 0.1) is 19.8 Å². The number of hydrogen-bond acceptors (Lipinski definition) is 7. The number of carbonyl (C=O) groups is 2. The van der Waals surface area contributed by atoms with Crippen LogP contribution in [-0.4, -0.2) is 54.2 Å². The summed E-state index contributed by atoms with van der Waals surface area (Å²) in [4.78, 5) is 28.2. The van der Waals surface area contributed by atoms with Crippen LogP contribution in [0.2, 0.25) is 10.0 Å². The van der Waals surface area contributed by atoms with E-state index in [9.17, 15) is 14.0 Å². The highest BCUT2D eigenvalue weighted by Gasteiger charge is 2.25. The second kappa shape index (κ2) is 13.0. The fourth-order valence-electron chi connectivity index (χ4n) is 2.63. The lowest BCUT2D eigenvalue weighted by molar-refractivity contribution is -0.139. The summed E-state index contributed by atoms with van der Waals surface area (Å²) >= 11 is 18.3. The second-order valence-electron chi connectivity index (χ2n) is 6.46. The zero-order chi connectivity index (χ0) is 24.6. The number of ether oxygens (including phenoxy) is 2. The molecule has 0 aliphatic rings. The number of pyridine rings is 1. The number of anilines is 2. The number of aryl methyl sites for hydroxylation is 2. The zero-order valence-electron chi connectivity index (χ0n) is 17.7. The molecular formula is C19H23Cl3FN3O5S. The number of methoxy groups -OCH3 is 1. The van der Waals surface area contributed by atoms with Crippen LogP contribution in [0.3, 0.4) is 0 Å². The Hall–Kier alpha value is -1.85. The summed E-state index contributed by atoms with van der Waals surface area (Å²) in [7, 11) is 1.63. The van der Waals surface area contributed by atoms with Gasteiger partial charge in [0.05, 0.1) is 24.0 Å². The smallest absolute Gasteiger partial charge is 0.341 e. The van der Waals surface area contributed by atoms with Crippen molar-refractivity contribution in [2.75, 3.05) is 36.8 Å². The summed E-state index contributed by atoms with van der Waals surface area (Å²) in [6.45, 7) is 5.78. The van der Waals surface area contributed by atoms with Gasteiger partial charge >= 0.3 is 5.97 Å². The summed E-state index contributed by atoms with van der Waals surface area (Å²) in [5.41, 5.74) is 7.16. The lowest BCUT2D eigenvalue weighted by atomic mass is 10.2. The van der Waals surface area contributed by atoms with Crippen LogP contribution >= 0.6 is 46.1 Å². The molecule has 0 saturated carbocycles. The minimum atomic E-state index is -1.25. The van der Waals surface area contributed by atoms with E-state index in [1.807, 2.05) is 20.8 Å². The van der Waals surface area contributed by atoms with Crippen molar-refractivity contribution in [1.29, 1.82) is 0 Å². The molecule has 1 atom stereocenters. The van der Waals surface area contributed by atoms with Crippen LogP contribution in [0.15, 0.2) is 5.38 Å². The second-order valence-corrected chi connectivity index (χ2v) is 8.56. The maximum atomic E-state index is 12.9. The third kappa shape index (κ3) is 7.35. The van der Waals surface area contributed by atoms with Crippen LogP contribution < -0.4 is 15.4 Å². The molecule has 8 nitrogen and oxygen atoms in total. The van der Waals surface area contributed by atoms with E-state index < -0.39 is 29.4 Å². The first-order chi connectivity index (χ1) is 15.0. The van der Waals surface area contributed by atoms with Gasteiger partial charge in [0.1, 0.15) is 15.9 Å².